The van der Waals surface area contributed by atoms with E-state index >= 15 is 0 Å². The Morgan fingerprint density at radius 2 is 1.43 bits per heavy atom. The molecule has 2 heterocycles. The molecular weight excluding hydrogens is 355 g/mol. The van der Waals surface area contributed by atoms with Gasteiger partial charge in [0.25, 0.3) is 5.88 Å². The number of fused-ring (bicyclic) bond motifs is 1. The van der Waals surface area contributed by atoms with Crippen molar-refractivity contribution in [1.82, 2.24) is 14.6 Å². The van der Waals surface area contributed by atoms with E-state index < -0.39 is 7.12 Å². The molecule has 9 nitrogen and oxygen atoms in total. The number of rotatable bonds is 8. The molecule has 0 aromatic carbocycles. The first-order valence-corrected chi connectivity index (χ1v) is 8.47. The smallest absolute Gasteiger partial charge is 0.889 e. The molecule has 0 radical (unpaired) electrons. The van der Waals surface area contributed by atoms with Crippen LogP contribution >= 0.6 is 0 Å². The van der Waals surface area contributed by atoms with Crippen LogP contribution in [0.3, 0.4) is 0 Å². The van der Waals surface area contributed by atoms with Gasteiger partial charge in [-0.1, -0.05) is 7.12 Å². The van der Waals surface area contributed by atoms with Crippen LogP contribution in [0.4, 0.5) is 0 Å². The topological polar surface area (TPSA) is 113 Å². The third-order valence-electron chi connectivity index (χ3n) is 3.15. The van der Waals surface area contributed by atoms with Crippen LogP contribution in [-0.2, 0) is 0 Å². The van der Waals surface area contributed by atoms with Gasteiger partial charge in [0.15, 0.2) is 5.75 Å². The van der Waals surface area contributed by atoms with Crippen molar-refractivity contribution in [2.24, 2.45) is 0 Å². The van der Waals surface area contributed by atoms with Crippen LogP contribution in [0, 0.1) is 0 Å². The molecule has 0 amide bonds. The van der Waals surface area contributed by atoms with Gasteiger partial charge in [0.1, 0.15) is 5.52 Å². The molecule has 0 aliphatic rings. The second-order valence-corrected chi connectivity index (χ2v) is 6.54. The summed E-state index contributed by atoms with van der Waals surface area (Å²) < 4.78 is 23.7. The summed E-state index contributed by atoms with van der Waals surface area (Å²) in [6.45, 7) is 10.8. The molecule has 2 aromatic rings. The van der Waals surface area contributed by atoms with Gasteiger partial charge in [-0.2, -0.15) is 9.50 Å². The van der Waals surface area contributed by atoms with Crippen LogP contribution in [0.5, 0.6) is 23.5 Å². The monoisotopic (exact) mass is 379 g/mol. The van der Waals surface area contributed by atoms with Crippen molar-refractivity contribution in [3.63, 3.8) is 0 Å². The van der Waals surface area contributed by atoms with E-state index in [2.05, 4.69) is 10.1 Å². The molecule has 144 valence electrons. The van der Waals surface area contributed by atoms with Crippen LogP contribution in [0.25, 0.3) is 5.52 Å². The minimum atomic E-state index is -2.34. The Morgan fingerprint density at radius 1 is 0.893 bits per heavy atom. The van der Waals surface area contributed by atoms with Gasteiger partial charge in [-0.05, 0) is 47.0 Å². The summed E-state index contributed by atoms with van der Waals surface area (Å²) in [6.07, 6.45) is -0.716. The Labute approximate surface area is 189 Å². The number of methoxy groups -OCH3 is 1. The Bertz CT molecular complexity index is 771. The van der Waals surface area contributed by atoms with Crippen molar-refractivity contribution in [2.45, 2.75) is 59.9 Å². The molecule has 0 N–H and O–H groups in total. The van der Waals surface area contributed by atoms with Gasteiger partial charge >= 0.3 is 43.7 Å². The summed E-state index contributed by atoms with van der Waals surface area (Å²) >= 11 is 0. The van der Waals surface area contributed by atoms with Crippen molar-refractivity contribution in [3.8, 4) is 23.5 Å². The molecule has 0 aliphatic heterocycles. The molecule has 0 atom stereocenters. The van der Waals surface area contributed by atoms with Gasteiger partial charge in [0, 0.05) is 0 Å². The normalized spacial score (nSPS) is 10.7. The molecule has 0 saturated heterocycles. The summed E-state index contributed by atoms with van der Waals surface area (Å²) in [6, 6.07) is 0.0314. The SMILES string of the molecule is COc1nc(OC(C)C)nn2c(OC(C)C)c(OC(C)C)c(B([O-])[O-])c12.[Li+].[Li+]. The Morgan fingerprint density at radius 3 is 1.86 bits per heavy atom. The second-order valence-electron chi connectivity index (χ2n) is 6.54. The van der Waals surface area contributed by atoms with Crippen molar-refractivity contribution in [2.75, 3.05) is 7.11 Å². The molecule has 0 unspecified atom stereocenters. The van der Waals surface area contributed by atoms with Crippen molar-refractivity contribution in [3.05, 3.63) is 0 Å². The quantitative estimate of drug-likeness (QED) is 0.416. The minimum Gasteiger partial charge on any atom is -0.889 e. The molecule has 0 aliphatic carbocycles. The fraction of sp³-hybridized carbons (Fsp3) is 0.625. The molecule has 2 aromatic heterocycles. The zero-order valence-corrected chi connectivity index (χ0v) is 18.1. The maximum atomic E-state index is 11.9. The second kappa shape index (κ2) is 11.3. The van der Waals surface area contributed by atoms with E-state index in [1.807, 2.05) is 27.7 Å². The molecule has 0 saturated carbocycles. The van der Waals surface area contributed by atoms with Crippen LogP contribution in [0.2, 0.25) is 0 Å². The summed E-state index contributed by atoms with van der Waals surface area (Å²) in [5.41, 5.74) is -0.0350. The van der Waals surface area contributed by atoms with Crippen molar-refractivity contribution in [1.29, 1.82) is 0 Å². The number of hydrogen-bond acceptors (Lipinski definition) is 8. The van der Waals surface area contributed by atoms with E-state index in [1.54, 1.807) is 13.8 Å². The van der Waals surface area contributed by atoms with E-state index in [4.69, 9.17) is 18.9 Å². The molecule has 0 fully saturated rings. The van der Waals surface area contributed by atoms with Gasteiger partial charge in [-0.25, -0.2) is 0 Å². The maximum absolute atomic E-state index is 11.9. The number of ether oxygens (including phenoxy) is 4. The van der Waals surface area contributed by atoms with Gasteiger partial charge in [0.05, 0.1) is 25.4 Å². The van der Waals surface area contributed by atoms with E-state index in [0.29, 0.717) is 0 Å². The van der Waals surface area contributed by atoms with Gasteiger partial charge < -0.3 is 29.0 Å². The Hall–Kier alpha value is -1.00. The van der Waals surface area contributed by atoms with E-state index in [-0.39, 0.29) is 90.5 Å². The molecule has 28 heavy (non-hydrogen) atoms. The van der Waals surface area contributed by atoms with Crippen LogP contribution < -0.4 is 72.2 Å². The van der Waals surface area contributed by atoms with Gasteiger partial charge in [0.2, 0.25) is 5.88 Å². The average molecular weight is 379 g/mol. The zero-order chi connectivity index (χ0) is 19.6. The first-order chi connectivity index (χ1) is 12.1. The Balaban J connectivity index is 0.00000364. The minimum absolute atomic E-state index is 0. The molecular formula is C16H24BLi2N3O6. The van der Waals surface area contributed by atoms with E-state index in [9.17, 15) is 10.0 Å². The fourth-order valence-corrected chi connectivity index (χ4v) is 2.38. The average Bonchev–Trinajstić information content (AvgIpc) is 2.79. The molecule has 0 spiro atoms. The molecule has 0 bridgehead atoms. The fourth-order valence-electron chi connectivity index (χ4n) is 2.38. The predicted molar refractivity (Wildman–Crippen MR) is 92.2 cm³/mol. The van der Waals surface area contributed by atoms with Crippen molar-refractivity contribution >= 4 is 18.1 Å². The van der Waals surface area contributed by atoms with Gasteiger partial charge in [-0.15, -0.1) is 5.10 Å². The first-order valence-electron chi connectivity index (χ1n) is 8.47. The summed E-state index contributed by atoms with van der Waals surface area (Å²) in [4.78, 5) is 4.15. The number of nitrogens with zero attached hydrogens (tertiary/aromatic N) is 3. The third-order valence-corrected chi connectivity index (χ3v) is 3.15. The number of aromatic nitrogens is 3. The first kappa shape index (κ1) is 27.0. The standard InChI is InChI=1S/C16H24BN3O6.2Li/c1-8(2)24-13-11(17(21)22)12-14(23-7)18-16(26-10(5)6)19-20(12)15(13)25-9(3)4;;/h8-10H,1-7H3;;/q-2;2*+1. The van der Waals surface area contributed by atoms with Crippen LogP contribution in [-0.4, -0.2) is 47.1 Å². The molecule has 2 rings (SSSR count). The summed E-state index contributed by atoms with van der Waals surface area (Å²) in [7, 11) is -0.952. The van der Waals surface area contributed by atoms with E-state index in [1.165, 1.54) is 11.6 Å². The van der Waals surface area contributed by atoms with Crippen LogP contribution in [0.15, 0.2) is 0 Å². The maximum Gasteiger partial charge on any atom is 1.00 e. The number of hydrogen-bond donors (Lipinski definition) is 0. The third kappa shape index (κ3) is 6.00. The summed E-state index contributed by atoms with van der Waals surface area (Å²) in [5.74, 6) is 0.234. The van der Waals surface area contributed by atoms with Crippen molar-refractivity contribution < 1.29 is 66.7 Å². The predicted octanol–water partition coefficient (Wildman–Crippen LogP) is -6.48. The summed E-state index contributed by atoms with van der Waals surface area (Å²) in [5, 5.41) is 28.1. The van der Waals surface area contributed by atoms with Crippen LogP contribution in [0.1, 0.15) is 41.5 Å². The van der Waals surface area contributed by atoms with E-state index in [0.717, 1.165) is 0 Å². The largest absolute Gasteiger partial charge is 1.00 e. The molecule has 12 heteroatoms. The Kier molecular flexibility index (Phi) is 10.9. The van der Waals surface area contributed by atoms with Gasteiger partial charge in [-0.3, -0.25) is 0 Å². The zero-order valence-electron chi connectivity index (χ0n) is 18.1.